The molecule has 23 heavy (non-hydrogen) atoms. The maximum Gasteiger partial charge on any atom is 0.510 e. The van der Waals surface area contributed by atoms with Gasteiger partial charge in [0.15, 0.2) is 4.84 Å². The Morgan fingerprint density at radius 3 is 2.57 bits per heavy atom. The van der Waals surface area contributed by atoms with Crippen LogP contribution in [0.4, 0.5) is 4.79 Å². The van der Waals surface area contributed by atoms with Crippen LogP contribution in [0.15, 0.2) is 0 Å². The lowest BCUT2D eigenvalue weighted by atomic mass is 9.83. The summed E-state index contributed by atoms with van der Waals surface area (Å²) in [5.74, 6) is -0.636. The number of carbonyl (C=O) groups excluding carboxylic acids is 2. The van der Waals surface area contributed by atoms with Crippen LogP contribution in [0.5, 0.6) is 0 Å². The molecule has 1 fully saturated rings. The van der Waals surface area contributed by atoms with Crippen molar-refractivity contribution in [2.24, 2.45) is 5.92 Å². The SMILES string of the molecule is CCNC(=S)CC[C@H]1NC(=O)[C@@H]1C(C)OC(=O)OC(Cl)C(Cl)Cl. The fourth-order valence-electron chi connectivity index (χ4n) is 2.22. The van der Waals surface area contributed by atoms with E-state index in [1.165, 1.54) is 0 Å². The summed E-state index contributed by atoms with van der Waals surface area (Å²) in [7, 11) is 0. The molecule has 2 N–H and O–H groups in total. The summed E-state index contributed by atoms with van der Waals surface area (Å²) >= 11 is 21.7. The number of carbonyl (C=O) groups is 2. The Labute approximate surface area is 155 Å². The number of hydrogen-bond acceptors (Lipinski definition) is 5. The molecule has 6 nitrogen and oxygen atoms in total. The monoisotopic (exact) mass is 404 g/mol. The number of halogens is 3. The molecule has 10 heteroatoms. The first-order valence-corrected chi connectivity index (χ1v) is 8.84. The van der Waals surface area contributed by atoms with E-state index in [1.807, 2.05) is 6.92 Å². The normalized spacial score (nSPS) is 22.6. The van der Waals surface area contributed by atoms with Crippen molar-refractivity contribution in [2.45, 2.75) is 49.2 Å². The van der Waals surface area contributed by atoms with Gasteiger partial charge in [0.25, 0.3) is 0 Å². The number of nitrogens with one attached hydrogen (secondary N) is 2. The van der Waals surface area contributed by atoms with Gasteiger partial charge in [-0.3, -0.25) is 4.79 Å². The van der Waals surface area contributed by atoms with E-state index in [1.54, 1.807) is 6.92 Å². The zero-order valence-electron chi connectivity index (χ0n) is 12.7. The van der Waals surface area contributed by atoms with E-state index in [-0.39, 0.29) is 11.9 Å². The Balaban J connectivity index is 2.44. The summed E-state index contributed by atoms with van der Waals surface area (Å²) in [5, 5.41) is 5.82. The van der Waals surface area contributed by atoms with Gasteiger partial charge in [0, 0.05) is 12.6 Å². The molecular formula is C13H19Cl3N2O4S. The van der Waals surface area contributed by atoms with Gasteiger partial charge in [-0.2, -0.15) is 0 Å². The molecule has 0 aromatic heterocycles. The summed E-state index contributed by atoms with van der Waals surface area (Å²) in [4.78, 5) is 22.9. The van der Waals surface area contributed by atoms with Crippen molar-refractivity contribution in [3.05, 3.63) is 0 Å². The van der Waals surface area contributed by atoms with E-state index in [0.29, 0.717) is 12.8 Å². The van der Waals surface area contributed by atoms with E-state index >= 15 is 0 Å². The largest absolute Gasteiger partial charge is 0.510 e. The molecule has 1 rings (SSSR count). The second kappa shape index (κ2) is 9.71. The van der Waals surface area contributed by atoms with E-state index < -0.39 is 28.6 Å². The molecule has 0 spiro atoms. The third kappa shape index (κ3) is 6.49. The molecule has 2 unspecified atom stereocenters. The minimum atomic E-state index is -1.22. The summed E-state index contributed by atoms with van der Waals surface area (Å²) in [6, 6.07) is -0.109. The van der Waals surface area contributed by atoms with E-state index in [9.17, 15) is 9.59 Å². The molecule has 1 amide bonds. The van der Waals surface area contributed by atoms with Gasteiger partial charge >= 0.3 is 6.16 Å². The Kier molecular flexibility index (Phi) is 8.68. The van der Waals surface area contributed by atoms with Crippen LogP contribution >= 0.6 is 47.0 Å². The van der Waals surface area contributed by atoms with Crippen molar-refractivity contribution in [2.75, 3.05) is 6.54 Å². The highest BCUT2D eigenvalue weighted by molar-refractivity contribution is 7.80. The number of thiocarbonyl (C=S) groups is 1. The summed E-state index contributed by atoms with van der Waals surface area (Å²) in [6.45, 7) is 4.33. The maximum atomic E-state index is 11.7. The molecule has 4 atom stereocenters. The molecule has 0 aromatic carbocycles. The first-order chi connectivity index (χ1) is 10.8. The highest BCUT2D eigenvalue weighted by Crippen LogP contribution is 2.26. The zero-order chi connectivity index (χ0) is 17.6. The van der Waals surface area contributed by atoms with Crippen molar-refractivity contribution >= 4 is 64.1 Å². The maximum absolute atomic E-state index is 11.7. The van der Waals surface area contributed by atoms with Gasteiger partial charge in [0.2, 0.25) is 11.5 Å². The number of rotatable bonds is 8. The number of hydrogen-bond donors (Lipinski definition) is 2. The van der Waals surface area contributed by atoms with Gasteiger partial charge in [0.05, 0.1) is 10.9 Å². The Morgan fingerprint density at radius 2 is 2.04 bits per heavy atom. The Bertz CT molecular complexity index is 453. The van der Waals surface area contributed by atoms with Crippen LogP contribution in [0.3, 0.4) is 0 Å². The highest BCUT2D eigenvalue weighted by Gasteiger charge is 2.44. The fourth-order valence-corrected chi connectivity index (χ4v) is 2.65. The predicted molar refractivity (Wildman–Crippen MR) is 93.1 cm³/mol. The minimum absolute atomic E-state index is 0.109. The van der Waals surface area contributed by atoms with E-state index in [0.717, 1.165) is 11.5 Å². The van der Waals surface area contributed by atoms with E-state index in [2.05, 4.69) is 15.4 Å². The standard InChI is InChI=1S/C13H19Cl3N2O4S/c1-3-17-8(23)5-4-7-9(12(19)18-7)6(2)21-13(20)22-11(16)10(14)15/h6-7,9-11H,3-5H2,1-2H3,(H,17,23)(H,18,19)/t6?,7-,9-,11?/m1/s1. The lowest BCUT2D eigenvalue weighted by Crippen LogP contribution is -2.62. The van der Waals surface area contributed by atoms with Gasteiger partial charge in [-0.25, -0.2) is 4.79 Å². The molecule has 0 bridgehead atoms. The average molecular weight is 406 g/mol. The van der Waals surface area contributed by atoms with Crippen molar-refractivity contribution in [3.63, 3.8) is 0 Å². The molecule has 1 heterocycles. The molecular weight excluding hydrogens is 387 g/mol. The van der Waals surface area contributed by atoms with Gasteiger partial charge in [-0.05, 0) is 26.7 Å². The lowest BCUT2D eigenvalue weighted by Gasteiger charge is -2.39. The molecule has 0 aliphatic carbocycles. The second-order valence-corrected chi connectivity index (χ2v) is 7.10. The molecule has 1 aliphatic heterocycles. The number of ether oxygens (including phenoxy) is 2. The molecule has 0 radical (unpaired) electrons. The first kappa shape index (κ1) is 20.5. The summed E-state index contributed by atoms with van der Waals surface area (Å²) in [5.41, 5.74) is -1.22. The molecule has 1 aliphatic rings. The zero-order valence-corrected chi connectivity index (χ0v) is 15.8. The van der Waals surface area contributed by atoms with Crippen molar-refractivity contribution < 1.29 is 19.1 Å². The minimum Gasteiger partial charge on any atom is -0.430 e. The first-order valence-electron chi connectivity index (χ1n) is 7.12. The molecule has 132 valence electrons. The lowest BCUT2D eigenvalue weighted by molar-refractivity contribution is -0.141. The van der Waals surface area contributed by atoms with Crippen molar-refractivity contribution in [1.29, 1.82) is 0 Å². The fraction of sp³-hybridized carbons (Fsp3) is 0.769. The molecule has 0 aromatic rings. The van der Waals surface area contributed by atoms with Crippen LogP contribution in [0.2, 0.25) is 0 Å². The quantitative estimate of drug-likeness (QED) is 0.280. The highest BCUT2D eigenvalue weighted by atomic mass is 35.5. The summed E-state index contributed by atoms with van der Waals surface area (Å²) < 4.78 is 9.74. The van der Waals surface area contributed by atoms with Gasteiger partial charge < -0.3 is 20.1 Å². The Hall–Kier alpha value is -0.500. The number of β-lactam (4-membered cyclic amide) rings is 1. The van der Waals surface area contributed by atoms with Gasteiger partial charge in [0.1, 0.15) is 6.10 Å². The Morgan fingerprint density at radius 1 is 1.39 bits per heavy atom. The third-order valence-electron chi connectivity index (χ3n) is 3.32. The van der Waals surface area contributed by atoms with Crippen molar-refractivity contribution in [1.82, 2.24) is 10.6 Å². The van der Waals surface area contributed by atoms with Crippen LogP contribution < -0.4 is 10.6 Å². The molecule has 1 saturated heterocycles. The number of alkyl halides is 3. The summed E-state index contributed by atoms with van der Waals surface area (Å²) in [6.07, 6.45) is -0.382. The van der Waals surface area contributed by atoms with Crippen LogP contribution in [-0.2, 0) is 14.3 Å². The molecule has 0 saturated carbocycles. The van der Waals surface area contributed by atoms with Gasteiger partial charge in [-0.1, -0.05) is 47.0 Å². The third-order valence-corrected chi connectivity index (χ3v) is 4.72. The number of amides is 1. The topological polar surface area (TPSA) is 76.7 Å². The van der Waals surface area contributed by atoms with Gasteiger partial charge in [-0.15, -0.1) is 0 Å². The predicted octanol–water partition coefficient (Wildman–Crippen LogP) is 2.73. The van der Waals surface area contributed by atoms with E-state index in [4.69, 9.17) is 51.8 Å². The van der Waals surface area contributed by atoms with Crippen LogP contribution in [-0.4, -0.2) is 46.1 Å². The van der Waals surface area contributed by atoms with Crippen LogP contribution in [0.1, 0.15) is 26.7 Å². The average Bonchev–Trinajstić information content (AvgIpc) is 2.42. The second-order valence-electron chi connectivity index (χ2n) is 5.01. The smallest absolute Gasteiger partial charge is 0.430 e. The van der Waals surface area contributed by atoms with Crippen molar-refractivity contribution in [3.8, 4) is 0 Å². The van der Waals surface area contributed by atoms with Crippen LogP contribution in [0, 0.1) is 5.92 Å². The van der Waals surface area contributed by atoms with Crippen LogP contribution in [0.25, 0.3) is 0 Å².